The van der Waals surface area contributed by atoms with Crippen LogP contribution in [0.1, 0.15) is 304 Å². The number of nitrogens with zero attached hydrogens (tertiary/aromatic N) is 1. The normalized spacial score (nSPS) is 11.8. The zero-order valence-corrected chi connectivity index (χ0v) is 43.3. The Hall–Kier alpha value is -1.10. The molecule has 0 N–H and O–H groups in total. The van der Waals surface area contributed by atoms with Crippen molar-refractivity contribution in [2.24, 2.45) is 17.8 Å². The number of esters is 2. The number of hydrogen-bond acceptors (Lipinski definition) is 5. The molecule has 0 aliphatic carbocycles. The third kappa shape index (κ3) is 45.5. The molecule has 0 radical (unpaired) electrons. The van der Waals surface area contributed by atoms with Crippen LogP contribution >= 0.6 is 0 Å². The third-order valence-corrected chi connectivity index (χ3v) is 13.9. The summed E-state index contributed by atoms with van der Waals surface area (Å²) >= 11 is 0. The Labute approximate surface area is 389 Å². The second-order valence-corrected chi connectivity index (χ2v) is 20.3. The summed E-state index contributed by atoms with van der Waals surface area (Å²) in [5.74, 6) is 2.59. The highest BCUT2D eigenvalue weighted by Gasteiger charge is 2.12. The van der Waals surface area contributed by atoms with Gasteiger partial charge < -0.3 is 14.4 Å². The topological polar surface area (TPSA) is 55.8 Å². The minimum absolute atomic E-state index is 0.0241. The summed E-state index contributed by atoms with van der Waals surface area (Å²) in [6.07, 6.45) is 54.5. The fourth-order valence-electron chi connectivity index (χ4n) is 9.68. The molecule has 0 aromatic carbocycles. The summed E-state index contributed by atoms with van der Waals surface area (Å²) in [5.41, 5.74) is 0. The van der Waals surface area contributed by atoms with Crippen LogP contribution in [0.4, 0.5) is 0 Å². The van der Waals surface area contributed by atoms with E-state index in [4.69, 9.17) is 9.47 Å². The van der Waals surface area contributed by atoms with Crippen molar-refractivity contribution < 1.29 is 19.1 Å². The van der Waals surface area contributed by atoms with E-state index in [-0.39, 0.29) is 11.9 Å². The van der Waals surface area contributed by atoms with E-state index in [1.165, 1.54) is 231 Å². The first-order valence-corrected chi connectivity index (χ1v) is 28.3. The van der Waals surface area contributed by atoms with Gasteiger partial charge in [-0.05, 0) is 83.3 Å². The van der Waals surface area contributed by atoms with Crippen molar-refractivity contribution in [1.82, 2.24) is 4.90 Å². The average molecular weight is 877 g/mol. The Morgan fingerprint density at radius 1 is 0.323 bits per heavy atom. The van der Waals surface area contributed by atoms with Crippen molar-refractivity contribution in [2.45, 2.75) is 304 Å². The van der Waals surface area contributed by atoms with Crippen LogP contribution in [0, 0.1) is 17.8 Å². The van der Waals surface area contributed by atoms with Crippen LogP contribution < -0.4 is 0 Å². The molecule has 0 bridgehead atoms. The van der Waals surface area contributed by atoms with Crippen LogP contribution in [-0.4, -0.2) is 50.7 Å². The van der Waals surface area contributed by atoms with Gasteiger partial charge in [0.25, 0.3) is 0 Å². The van der Waals surface area contributed by atoms with Gasteiger partial charge in [0.2, 0.25) is 0 Å². The van der Waals surface area contributed by atoms with Crippen molar-refractivity contribution in [3.8, 4) is 0 Å². The van der Waals surface area contributed by atoms with Crippen LogP contribution in [-0.2, 0) is 19.1 Å². The van der Waals surface area contributed by atoms with Crippen molar-refractivity contribution in [1.29, 1.82) is 0 Å². The second kappa shape index (κ2) is 49.3. The van der Waals surface area contributed by atoms with Gasteiger partial charge in [0.05, 0.1) is 13.2 Å². The van der Waals surface area contributed by atoms with Gasteiger partial charge in [0.1, 0.15) is 0 Å². The van der Waals surface area contributed by atoms with Gasteiger partial charge in [-0.1, -0.05) is 246 Å². The molecule has 0 heterocycles. The van der Waals surface area contributed by atoms with E-state index in [1.807, 2.05) is 0 Å². The lowest BCUT2D eigenvalue weighted by atomic mass is 9.89. The summed E-state index contributed by atoms with van der Waals surface area (Å²) in [4.78, 5) is 27.0. The van der Waals surface area contributed by atoms with Gasteiger partial charge in [0, 0.05) is 12.8 Å². The first kappa shape index (κ1) is 60.9. The Kier molecular flexibility index (Phi) is 48.5. The fraction of sp³-hybridized carbons (Fsp3) is 0.965. The van der Waals surface area contributed by atoms with Gasteiger partial charge in [-0.15, -0.1) is 0 Å². The lowest BCUT2D eigenvalue weighted by Gasteiger charge is -2.17. The van der Waals surface area contributed by atoms with Crippen LogP contribution in [0.3, 0.4) is 0 Å². The first-order chi connectivity index (χ1) is 30.4. The zero-order valence-electron chi connectivity index (χ0n) is 43.3. The van der Waals surface area contributed by atoms with E-state index < -0.39 is 0 Å². The molecule has 0 amide bonds. The lowest BCUT2D eigenvalue weighted by Crippen LogP contribution is -2.12. The van der Waals surface area contributed by atoms with E-state index in [9.17, 15) is 9.59 Å². The number of carbonyl (C=O) groups is 2. The zero-order chi connectivity index (χ0) is 45.4. The number of unbranched alkanes of at least 4 members (excludes halogenated alkanes) is 23. The molecule has 0 atom stereocenters. The van der Waals surface area contributed by atoms with E-state index in [1.54, 1.807) is 0 Å². The molecule has 0 spiro atoms. The van der Waals surface area contributed by atoms with E-state index in [0.717, 1.165) is 56.3 Å². The van der Waals surface area contributed by atoms with Crippen LogP contribution in [0.2, 0.25) is 0 Å². The molecule has 0 aliphatic rings. The number of rotatable bonds is 51. The van der Waals surface area contributed by atoms with Crippen LogP contribution in [0.25, 0.3) is 0 Å². The number of hydrogen-bond donors (Lipinski definition) is 0. The maximum Gasteiger partial charge on any atom is 0.305 e. The van der Waals surface area contributed by atoms with Gasteiger partial charge in [-0.25, -0.2) is 0 Å². The molecule has 0 aromatic rings. The molecule has 0 fully saturated rings. The van der Waals surface area contributed by atoms with Gasteiger partial charge >= 0.3 is 11.9 Å². The van der Waals surface area contributed by atoms with Crippen molar-refractivity contribution in [3.05, 3.63) is 0 Å². The fourth-order valence-corrected chi connectivity index (χ4v) is 9.68. The molecule has 0 aromatic heterocycles. The predicted octanol–water partition coefficient (Wildman–Crippen LogP) is 18.3. The van der Waals surface area contributed by atoms with Gasteiger partial charge in [0.15, 0.2) is 0 Å². The minimum atomic E-state index is 0.0241. The molecule has 0 aliphatic heterocycles. The molecular weight excluding hydrogens is 763 g/mol. The Morgan fingerprint density at radius 3 is 0.855 bits per heavy atom. The second-order valence-electron chi connectivity index (χ2n) is 20.3. The molecule has 0 rings (SSSR count). The van der Waals surface area contributed by atoms with Crippen molar-refractivity contribution in [3.63, 3.8) is 0 Å². The molecule has 0 saturated carbocycles. The SMILES string of the molecule is CCCCCC(CCCCC)CCCOC(=O)CCCCCCCCCC(CCCCCCCCCC(=O)OCCCC(CCCCC)CCCCC)CCCCCCN(C)C. The van der Waals surface area contributed by atoms with E-state index in [0.29, 0.717) is 26.1 Å². The Bertz CT molecular complexity index is 825. The standard InChI is InChI=1S/C57H113NO4/c1-7-11-27-39-54(40-28-12-8-2)46-37-51-61-56(59)48-34-23-19-15-17-21-31-43-53(45-33-25-26-36-50-58(5)6)44-32-22-18-16-20-24-35-49-57(60)62-52-38-47-55(41-29-13-9-3)42-30-14-10-4/h53-55H,7-52H2,1-6H3. The Morgan fingerprint density at radius 2 is 0.565 bits per heavy atom. The molecule has 5 heteroatoms. The third-order valence-electron chi connectivity index (χ3n) is 13.9. The molecular formula is C57H113NO4. The van der Waals surface area contributed by atoms with Gasteiger partial charge in [-0.3, -0.25) is 9.59 Å². The highest BCUT2D eigenvalue weighted by molar-refractivity contribution is 5.69. The summed E-state index contributed by atoms with van der Waals surface area (Å²) in [7, 11) is 4.37. The van der Waals surface area contributed by atoms with E-state index >= 15 is 0 Å². The Balaban J connectivity index is 4.13. The largest absolute Gasteiger partial charge is 0.466 e. The summed E-state index contributed by atoms with van der Waals surface area (Å²) < 4.78 is 11.3. The minimum Gasteiger partial charge on any atom is -0.466 e. The summed E-state index contributed by atoms with van der Waals surface area (Å²) in [6, 6.07) is 0. The predicted molar refractivity (Wildman–Crippen MR) is 272 cm³/mol. The maximum atomic E-state index is 12.3. The molecule has 62 heavy (non-hydrogen) atoms. The summed E-state index contributed by atoms with van der Waals surface area (Å²) in [5, 5.41) is 0. The monoisotopic (exact) mass is 876 g/mol. The smallest absolute Gasteiger partial charge is 0.305 e. The molecule has 0 unspecified atom stereocenters. The lowest BCUT2D eigenvalue weighted by molar-refractivity contribution is -0.144. The summed E-state index contributed by atoms with van der Waals surface area (Å²) in [6.45, 7) is 11.6. The van der Waals surface area contributed by atoms with Gasteiger partial charge in [-0.2, -0.15) is 0 Å². The number of carbonyl (C=O) groups excluding carboxylic acids is 2. The van der Waals surface area contributed by atoms with Crippen molar-refractivity contribution in [2.75, 3.05) is 33.9 Å². The molecule has 5 nitrogen and oxygen atoms in total. The first-order valence-electron chi connectivity index (χ1n) is 28.3. The van der Waals surface area contributed by atoms with Crippen LogP contribution in [0.5, 0.6) is 0 Å². The molecule has 370 valence electrons. The highest BCUT2D eigenvalue weighted by Crippen LogP contribution is 2.26. The number of ether oxygens (including phenoxy) is 2. The maximum absolute atomic E-state index is 12.3. The quantitative estimate of drug-likeness (QED) is 0.0450. The van der Waals surface area contributed by atoms with Crippen LogP contribution in [0.15, 0.2) is 0 Å². The highest BCUT2D eigenvalue weighted by atomic mass is 16.5. The average Bonchev–Trinajstić information content (AvgIpc) is 3.25. The van der Waals surface area contributed by atoms with E-state index in [2.05, 4.69) is 46.7 Å². The van der Waals surface area contributed by atoms with Crippen molar-refractivity contribution >= 4 is 11.9 Å². The molecule has 0 saturated heterocycles.